The summed E-state index contributed by atoms with van der Waals surface area (Å²) < 4.78 is 10.4. The standard InChI is InChI=1S/C15H18N2O3/c1-10(2)17-15(18)12(9-16)8-11-6-5-7-13(19-3)14(11)20-4/h5-8,10H,1-4H3,(H,17,18)/b12-8+. The second-order valence-corrected chi connectivity index (χ2v) is 4.38. The molecule has 0 unspecified atom stereocenters. The Balaban J connectivity index is 3.20. The molecule has 0 saturated carbocycles. The Bertz CT molecular complexity index is 557. The molecule has 0 aromatic heterocycles. The van der Waals surface area contributed by atoms with E-state index < -0.39 is 5.91 Å². The van der Waals surface area contributed by atoms with Gasteiger partial charge in [0.05, 0.1) is 14.2 Å². The minimum atomic E-state index is -0.410. The summed E-state index contributed by atoms with van der Waals surface area (Å²) in [5.74, 6) is 0.621. The van der Waals surface area contributed by atoms with E-state index in [0.29, 0.717) is 17.1 Å². The molecule has 0 radical (unpaired) electrons. The van der Waals surface area contributed by atoms with Gasteiger partial charge in [-0.05, 0) is 26.0 Å². The zero-order chi connectivity index (χ0) is 15.1. The van der Waals surface area contributed by atoms with E-state index in [1.165, 1.54) is 20.3 Å². The molecule has 1 aromatic rings. The van der Waals surface area contributed by atoms with Crippen LogP contribution in [0.1, 0.15) is 19.4 Å². The van der Waals surface area contributed by atoms with Crippen LogP contribution in [0.25, 0.3) is 6.08 Å². The van der Waals surface area contributed by atoms with Crippen molar-refractivity contribution in [3.05, 3.63) is 29.3 Å². The van der Waals surface area contributed by atoms with Gasteiger partial charge in [0, 0.05) is 11.6 Å². The van der Waals surface area contributed by atoms with Crippen LogP contribution in [0.2, 0.25) is 0 Å². The van der Waals surface area contributed by atoms with Gasteiger partial charge in [-0.25, -0.2) is 0 Å². The highest BCUT2D eigenvalue weighted by Gasteiger charge is 2.13. The molecule has 1 N–H and O–H groups in total. The van der Waals surface area contributed by atoms with Crippen LogP contribution >= 0.6 is 0 Å². The minimum Gasteiger partial charge on any atom is -0.493 e. The normalized spacial score (nSPS) is 10.9. The number of methoxy groups -OCH3 is 2. The van der Waals surface area contributed by atoms with Gasteiger partial charge in [0.1, 0.15) is 11.6 Å². The van der Waals surface area contributed by atoms with Crippen molar-refractivity contribution in [2.75, 3.05) is 14.2 Å². The molecule has 1 amide bonds. The van der Waals surface area contributed by atoms with Gasteiger partial charge in [0.25, 0.3) is 5.91 Å². The molecule has 0 fully saturated rings. The van der Waals surface area contributed by atoms with Crippen molar-refractivity contribution in [2.24, 2.45) is 0 Å². The number of hydrogen-bond donors (Lipinski definition) is 1. The Kier molecular flexibility index (Phi) is 5.60. The molecule has 1 rings (SSSR count). The summed E-state index contributed by atoms with van der Waals surface area (Å²) in [6.07, 6.45) is 1.49. The smallest absolute Gasteiger partial charge is 0.262 e. The van der Waals surface area contributed by atoms with Crippen LogP contribution in [-0.4, -0.2) is 26.2 Å². The highest BCUT2D eigenvalue weighted by atomic mass is 16.5. The first-order chi connectivity index (χ1) is 9.53. The summed E-state index contributed by atoms with van der Waals surface area (Å²) in [7, 11) is 3.04. The van der Waals surface area contributed by atoms with Crippen LogP contribution < -0.4 is 14.8 Å². The first-order valence-electron chi connectivity index (χ1n) is 6.17. The number of rotatable bonds is 5. The average molecular weight is 274 g/mol. The molecule has 0 saturated heterocycles. The number of ether oxygens (including phenoxy) is 2. The quantitative estimate of drug-likeness (QED) is 0.659. The molecule has 0 aliphatic rings. The third-order valence-electron chi connectivity index (χ3n) is 2.52. The Labute approximate surface area is 118 Å². The third kappa shape index (κ3) is 3.75. The van der Waals surface area contributed by atoms with Gasteiger partial charge in [0.2, 0.25) is 0 Å². The molecule has 0 heterocycles. The number of nitriles is 1. The van der Waals surface area contributed by atoms with Gasteiger partial charge in [-0.15, -0.1) is 0 Å². The molecule has 0 aliphatic carbocycles. The second kappa shape index (κ2) is 7.19. The van der Waals surface area contributed by atoms with E-state index in [9.17, 15) is 4.79 Å². The van der Waals surface area contributed by atoms with Crippen LogP contribution in [0.4, 0.5) is 0 Å². The van der Waals surface area contributed by atoms with Gasteiger partial charge in [-0.1, -0.05) is 12.1 Å². The number of nitrogens with one attached hydrogen (secondary N) is 1. The zero-order valence-corrected chi connectivity index (χ0v) is 12.1. The van der Waals surface area contributed by atoms with Crippen molar-refractivity contribution in [2.45, 2.75) is 19.9 Å². The van der Waals surface area contributed by atoms with Gasteiger partial charge < -0.3 is 14.8 Å². The predicted molar refractivity (Wildman–Crippen MR) is 76.4 cm³/mol. The zero-order valence-electron chi connectivity index (χ0n) is 12.1. The maximum absolute atomic E-state index is 11.9. The van der Waals surface area contributed by atoms with Crippen molar-refractivity contribution >= 4 is 12.0 Å². The fourth-order valence-corrected chi connectivity index (χ4v) is 1.67. The molecule has 1 aromatic carbocycles. The number of nitrogens with zero attached hydrogens (tertiary/aromatic N) is 1. The van der Waals surface area contributed by atoms with Crippen molar-refractivity contribution < 1.29 is 14.3 Å². The molecule has 106 valence electrons. The number of carbonyl (C=O) groups excluding carboxylic acids is 1. The molecular weight excluding hydrogens is 256 g/mol. The first kappa shape index (κ1) is 15.6. The summed E-state index contributed by atoms with van der Waals surface area (Å²) in [5.41, 5.74) is 0.632. The van der Waals surface area contributed by atoms with Crippen LogP contribution in [0.3, 0.4) is 0 Å². The lowest BCUT2D eigenvalue weighted by atomic mass is 10.1. The summed E-state index contributed by atoms with van der Waals surface area (Å²) in [6.45, 7) is 3.66. The van der Waals surface area contributed by atoms with Crippen molar-refractivity contribution in [3.8, 4) is 17.6 Å². The van der Waals surface area contributed by atoms with E-state index in [0.717, 1.165) is 0 Å². The van der Waals surface area contributed by atoms with E-state index in [-0.39, 0.29) is 11.6 Å². The topological polar surface area (TPSA) is 71.3 Å². The summed E-state index contributed by atoms with van der Waals surface area (Å²) in [4.78, 5) is 11.9. The third-order valence-corrected chi connectivity index (χ3v) is 2.52. The Morgan fingerprint density at radius 3 is 2.55 bits per heavy atom. The lowest BCUT2D eigenvalue weighted by Crippen LogP contribution is -2.30. The van der Waals surface area contributed by atoms with E-state index >= 15 is 0 Å². The SMILES string of the molecule is COc1cccc(/C=C(\C#N)C(=O)NC(C)C)c1OC. The lowest BCUT2D eigenvalue weighted by molar-refractivity contribution is -0.117. The molecule has 0 spiro atoms. The predicted octanol–water partition coefficient (Wildman–Crippen LogP) is 2.14. The average Bonchev–Trinajstić information content (AvgIpc) is 2.43. The number of benzene rings is 1. The lowest BCUT2D eigenvalue weighted by Gasteiger charge is -2.11. The van der Waals surface area contributed by atoms with E-state index in [4.69, 9.17) is 14.7 Å². The Hall–Kier alpha value is -2.48. The van der Waals surface area contributed by atoms with Gasteiger partial charge in [-0.3, -0.25) is 4.79 Å². The van der Waals surface area contributed by atoms with E-state index in [1.54, 1.807) is 18.2 Å². The summed E-state index contributed by atoms with van der Waals surface area (Å²) in [5, 5.41) is 11.8. The molecule has 0 aliphatic heterocycles. The van der Waals surface area contributed by atoms with Crippen molar-refractivity contribution in [3.63, 3.8) is 0 Å². The van der Waals surface area contributed by atoms with E-state index in [2.05, 4.69) is 5.32 Å². The van der Waals surface area contributed by atoms with Crippen molar-refractivity contribution in [1.29, 1.82) is 5.26 Å². The number of hydrogen-bond acceptors (Lipinski definition) is 4. The Morgan fingerprint density at radius 1 is 1.35 bits per heavy atom. The second-order valence-electron chi connectivity index (χ2n) is 4.38. The monoisotopic (exact) mass is 274 g/mol. The maximum Gasteiger partial charge on any atom is 0.262 e. The molecule has 5 nitrogen and oxygen atoms in total. The van der Waals surface area contributed by atoms with Crippen LogP contribution in [0, 0.1) is 11.3 Å². The highest BCUT2D eigenvalue weighted by Crippen LogP contribution is 2.32. The van der Waals surface area contributed by atoms with Gasteiger partial charge in [0.15, 0.2) is 11.5 Å². The number of carbonyl (C=O) groups is 1. The summed E-state index contributed by atoms with van der Waals surface area (Å²) >= 11 is 0. The first-order valence-corrected chi connectivity index (χ1v) is 6.17. The van der Waals surface area contributed by atoms with Gasteiger partial charge >= 0.3 is 0 Å². The van der Waals surface area contributed by atoms with E-state index in [1.807, 2.05) is 19.9 Å². The maximum atomic E-state index is 11.9. The van der Waals surface area contributed by atoms with Crippen molar-refractivity contribution in [1.82, 2.24) is 5.32 Å². The number of para-hydroxylation sites is 1. The van der Waals surface area contributed by atoms with Gasteiger partial charge in [-0.2, -0.15) is 5.26 Å². The molecule has 20 heavy (non-hydrogen) atoms. The van der Waals surface area contributed by atoms with Crippen LogP contribution in [0.15, 0.2) is 23.8 Å². The Morgan fingerprint density at radius 2 is 2.05 bits per heavy atom. The molecule has 0 bridgehead atoms. The van der Waals surface area contributed by atoms with Crippen LogP contribution in [0.5, 0.6) is 11.5 Å². The molecule has 0 atom stereocenters. The minimum absolute atomic E-state index is 0.0188. The highest BCUT2D eigenvalue weighted by molar-refractivity contribution is 6.02. The molecule has 5 heteroatoms. The number of amides is 1. The summed E-state index contributed by atoms with van der Waals surface area (Å²) in [6, 6.07) is 7.13. The fourth-order valence-electron chi connectivity index (χ4n) is 1.67. The molecular formula is C15H18N2O3. The van der Waals surface area contributed by atoms with Crippen LogP contribution in [-0.2, 0) is 4.79 Å². The fraction of sp³-hybridized carbons (Fsp3) is 0.333. The largest absolute Gasteiger partial charge is 0.493 e.